The van der Waals surface area contributed by atoms with Gasteiger partial charge in [-0.2, -0.15) is 5.26 Å². The summed E-state index contributed by atoms with van der Waals surface area (Å²) in [5.74, 6) is -2.03. The molecule has 0 saturated carbocycles. The van der Waals surface area contributed by atoms with Crippen molar-refractivity contribution in [3.05, 3.63) is 121 Å². The average Bonchev–Trinajstić information content (AvgIpc) is 3.42. The predicted molar refractivity (Wildman–Crippen MR) is 153 cm³/mol. The summed E-state index contributed by atoms with van der Waals surface area (Å²) in [5.41, 5.74) is 0.209. The van der Waals surface area contributed by atoms with Gasteiger partial charge in [-0.15, -0.1) is 11.3 Å². The lowest BCUT2D eigenvalue weighted by atomic mass is 9.99. The molecule has 41 heavy (non-hydrogen) atoms. The number of methoxy groups -OCH3 is 1. The molecule has 2 heterocycles. The van der Waals surface area contributed by atoms with Gasteiger partial charge in [0.15, 0.2) is 17.3 Å². The first kappa shape index (κ1) is 27.7. The molecule has 5 aromatic rings. The van der Waals surface area contributed by atoms with Gasteiger partial charge < -0.3 is 4.74 Å². The molecule has 3 aromatic carbocycles. The fourth-order valence-electron chi connectivity index (χ4n) is 4.62. The first-order valence-corrected chi connectivity index (χ1v) is 13.5. The zero-order valence-electron chi connectivity index (χ0n) is 22.1. The van der Waals surface area contributed by atoms with Crippen LogP contribution in [-0.4, -0.2) is 22.0 Å². The van der Waals surface area contributed by atoms with Crippen molar-refractivity contribution in [1.82, 2.24) is 9.13 Å². The minimum absolute atomic E-state index is 0.0277. The number of ketones is 1. The summed E-state index contributed by atoms with van der Waals surface area (Å²) in [6.45, 7) is 1.09. The second kappa shape index (κ2) is 11.3. The number of nitriles is 1. The van der Waals surface area contributed by atoms with Crippen molar-refractivity contribution in [2.45, 2.75) is 26.4 Å². The van der Waals surface area contributed by atoms with Crippen molar-refractivity contribution in [3.63, 3.8) is 0 Å². The number of carbonyl (C=O) groups is 1. The van der Waals surface area contributed by atoms with E-state index in [-0.39, 0.29) is 28.8 Å². The van der Waals surface area contributed by atoms with Gasteiger partial charge >= 0.3 is 5.69 Å². The number of hydrogen-bond donors (Lipinski definition) is 0. The molecule has 0 N–H and O–H groups in total. The van der Waals surface area contributed by atoms with Crippen molar-refractivity contribution < 1.29 is 18.3 Å². The monoisotopic (exact) mass is 571 g/mol. The number of rotatable bonds is 8. The van der Waals surface area contributed by atoms with E-state index in [2.05, 4.69) is 6.07 Å². The largest absolute Gasteiger partial charge is 0.494 e. The third-order valence-corrected chi connectivity index (χ3v) is 8.11. The van der Waals surface area contributed by atoms with Crippen molar-refractivity contribution in [3.8, 4) is 22.9 Å². The normalized spacial score (nSPS) is 11.0. The minimum atomic E-state index is -0.785. The molecule has 0 radical (unpaired) electrons. The number of nitrogens with zero attached hydrogens (tertiary/aromatic N) is 3. The van der Waals surface area contributed by atoms with Gasteiger partial charge in [0.05, 0.1) is 37.2 Å². The second-order valence-corrected chi connectivity index (χ2v) is 10.4. The molecule has 2 aromatic heterocycles. The Morgan fingerprint density at radius 3 is 2.46 bits per heavy atom. The lowest BCUT2D eigenvalue weighted by Crippen LogP contribution is -2.41. The smallest absolute Gasteiger partial charge is 0.332 e. The van der Waals surface area contributed by atoms with Crippen LogP contribution < -0.4 is 16.0 Å². The van der Waals surface area contributed by atoms with Gasteiger partial charge in [0.2, 0.25) is 0 Å². The van der Waals surface area contributed by atoms with Crippen molar-refractivity contribution in [2.24, 2.45) is 0 Å². The SMILES string of the molecule is CCc1cc2c(=O)n(CC(=O)c3ccc(OC)c(F)c3)c(=O)n(Cc3ccc(-c4ccccc4C#N)cc3F)c2s1. The number of Topliss-reactive ketones (excluding diaryl/α,β-unsaturated/α-hetero) is 1. The second-order valence-electron chi connectivity index (χ2n) is 9.28. The third-order valence-electron chi connectivity index (χ3n) is 6.81. The van der Waals surface area contributed by atoms with Gasteiger partial charge in [0.25, 0.3) is 5.56 Å². The number of hydrogen-bond acceptors (Lipinski definition) is 6. The highest BCUT2D eigenvalue weighted by Gasteiger charge is 2.21. The maximum atomic E-state index is 15.4. The Morgan fingerprint density at radius 2 is 1.78 bits per heavy atom. The zero-order valence-corrected chi connectivity index (χ0v) is 22.9. The van der Waals surface area contributed by atoms with E-state index in [4.69, 9.17) is 4.74 Å². The Balaban J connectivity index is 1.58. The van der Waals surface area contributed by atoms with Crippen molar-refractivity contribution in [2.75, 3.05) is 7.11 Å². The van der Waals surface area contributed by atoms with Crippen LogP contribution in [0.25, 0.3) is 21.3 Å². The zero-order chi connectivity index (χ0) is 29.3. The Labute approximate surface area is 237 Å². The molecule has 5 rings (SSSR count). The number of thiophene rings is 1. The topological polar surface area (TPSA) is 94.1 Å². The van der Waals surface area contributed by atoms with Gasteiger partial charge in [-0.1, -0.05) is 37.3 Å². The van der Waals surface area contributed by atoms with Gasteiger partial charge in [-0.3, -0.25) is 18.7 Å². The fourth-order valence-corrected chi connectivity index (χ4v) is 5.70. The Kier molecular flexibility index (Phi) is 7.64. The maximum absolute atomic E-state index is 15.4. The number of ether oxygens (including phenoxy) is 1. The fraction of sp³-hybridized carbons (Fsp3) is 0.161. The summed E-state index contributed by atoms with van der Waals surface area (Å²) in [6, 6.07) is 18.8. The maximum Gasteiger partial charge on any atom is 0.332 e. The van der Waals surface area contributed by atoms with E-state index >= 15 is 4.39 Å². The number of benzene rings is 3. The van der Waals surface area contributed by atoms with Crippen LogP contribution in [0, 0.1) is 23.0 Å². The number of fused-ring (bicyclic) bond motifs is 1. The van der Waals surface area contributed by atoms with Gasteiger partial charge in [-0.25, -0.2) is 13.6 Å². The number of aryl methyl sites for hydroxylation is 1. The van der Waals surface area contributed by atoms with Crippen LogP contribution in [0.4, 0.5) is 8.78 Å². The number of carbonyl (C=O) groups excluding carboxylic acids is 1. The molecule has 0 aliphatic rings. The molecule has 0 bridgehead atoms. The Hall–Kier alpha value is -4.88. The van der Waals surface area contributed by atoms with E-state index in [1.807, 2.05) is 6.92 Å². The summed E-state index contributed by atoms with van der Waals surface area (Å²) in [4.78, 5) is 41.2. The number of aromatic nitrogens is 2. The van der Waals surface area contributed by atoms with E-state index in [0.29, 0.717) is 27.9 Å². The number of halogens is 2. The molecule has 0 aliphatic heterocycles. The summed E-state index contributed by atoms with van der Waals surface area (Å²) in [6.07, 6.45) is 0.610. The van der Waals surface area contributed by atoms with Crippen LogP contribution in [0.1, 0.15) is 33.3 Å². The van der Waals surface area contributed by atoms with Crippen molar-refractivity contribution >= 4 is 27.3 Å². The molecule has 0 saturated heterocycles. The predicted octanol–water partition coefficient (Wildman–Crippen LogP) is 5.54. The molecule has 7 nitrogen and oxygen atoms in total. The van der Waals surface area contributed by atoms with Crippen LogP contribution >= 0.6 is 11.3 Å². The van der Waals surface area contributed by atoms with Gasteiger partial charge in [0, 0.05) is 16.0 Å². The lowest BCUT2D eigenvalue weighted by Gasteiger charge is -2.13. The molecular weight excluding hydrogens is 548 g/mol. The highest BCUT2D eigenvalue weighted by Crippen LogP contribution is 2.27. The highest BCUT2D eigenvalue weighted by atomic mass is 32.1. The molecule has 0 fully saturated rings. The van der Waals surface area contributed by atoms with Gasteiger partial charge in [-0.05, 0) is 53.9 Å². The van der Waals surface area contributed by atoms with Crippen LogP contribution in [0.2, 0.25) is 0 Å². The average molecular weight is 572 g/mol. The highest BCUT2D eigenvalue weighted by molar-refractivity contribution is 7.18. The van der Waals surface area contributed by atoms with Crippen LogP contribution in [0.5, 0.6) is 5.75 Å². The van der Waals surface area contributed by atoms with Crippen molar-refractivity contribution in [1.29, 1.82) is 5.26 Å². The lowest BCUT2D eigenvalue weighted by molar-refractivity contribution is 0.0968. The Bertz CT molecular complexity index is 1980. The molecule has 0 atom stereocenters. The van der Waals surface area contributed by atoms with Gasteiger partial charge in [0.1, 0.15) is 10.6 Å². The van der Waals surface area contributed by atoms with E-state index in [1.165, 1.54) is 47.3 Å². The van der Waals surface area contributed by atoms with E-state index in [0.717, 1.165) is 15.5 Å². The molecule has 0 aliphatic carbocycles. The minimum Gasteiger partial charge on any atom is -0.494 e. The molecule has 0 amide bonds. The van der Waals surface area contributed by atoms with E-state index < -0.39 is 35.2 Å². The summed E-state index contributed by atoms with van der Waals surface area (Å²) < 4.78 is 36.6. The molecule has 0 spiro atoms. The summed E-state index contributed by atoms with van der Waals surface area (Å²) >= 11 is 1.26. The van der Waals surface area contributed by atoms with E-state index in [9.17, 15) is 24.0 Å². The molecule has 10 heteroatoms. The van der Waals surface area contributed by atoms with E-state index in [1.54, 1.807) is 36.4 Å². The molecular formula is C31H23F2N3O4S. The summed E-state index contributed by atoms with van der Waals surface area (Å²) in [5, 5.41) is 9.65. The first-order chi connectivity index (χ1) is 19.7. The first-order valence-electron chi connectivity index (χ1n) is 12.7. The quantitative estimate of drug-likeness (QED) is 0.228. The standard InChI is InChI=1S/C31H23F2N3O4S/c1-3-22-14-24-29(38)35(17-27(37)19-10-11-28(40-2)26(33)13-19)31(39)36(30(24)41-22)16-21-9-8-18(12-25(21)32)23-7-5-4-6-20(23)15-34/h4-14H,3,16-17H2,1-2H3. The molecule has 0 unspecified atom stereocenters. The van der Waals surface area contributed by atoms with Crippen LogP contribution in [-0.2, 0) is 19.5 Å². The Morgan fingerprint density at radius 1 is 1.00 bits per heavy atom. The third kappa shape index (κ3) is 5.19. The summed E-state index contributed by atoms with van der Waals surface area (Å²) in [7, 11) is 1.30. The van der Waals surface area contributed by atoms with Crippen LogP contribution in [0.3, 0.4) is 0 Å². The van der Waals surface area contributed by atoms with Crippen LogP contribution in [0.15, 0.2) is 76.3 Å². The molecule has 206 valence electrons.